The van der Waals surface area contributed by atoms with Crippen LogP contribution in [0.5, 0.6) is 0 Å². The van der Waals surface area contributed by atoms with Crippen LogP contribution < -0.4 is 0 Å². The molecule has 0 saturated heterocycles. The van der Waals surface area contributed by atoms with Crippen LogP contribution in [0.4, 0.5) is 0 Å². The number of hydrogen-bond donors (Lipinski definition) is 2. The maximum atomic E-state index is 7.62. The molecule has 0 aromatic carbocycles. The van der Waals surface area contributed by atoms with E-state index in [1.807, 2.05) is 0 Å². The first-order chi connectivity index (χ1) is 1.91. The average molecular weight is 161 g/mol. The molecule has 0 amide bonds. The summed E-state index contributed by atoms with van der Waals surface area (Å²) in [5, 5.41) is 15.2. The topological polar surface area (TPSA) is 40.5 Å². The molecule has 2 N–H and O–H groups in total. The molecule has 0 spiro atoms. The van der Waals surface area contributed by atoms with Crippen molar-refractivity contribution in [3.63, 3.8) is 0 Å². The van der Waals surface area contributed by atoms with E-state index in [-0.39, 0.29) is 53.5 Å². The normalized spacial score (nSPS) is 5.00. The summed E-state index contributed by atoms with van der Waals surface area (Å²) >= 11 is 0. The van der Waals surface area contributed by atoms with Crippen LogP contribution in [0, 0.1) is 0 Å². The van der Waals surface area contributed by atoms with E-state index in [9.17, 15) is 0 Å². The monoisotopic (exact) mass is 161 g/mol. The SMILES string of the molecule is OCCO.[Ti].[V]. The van der Waals surface area contributed by atoms with Gasteiger partial charge in [-0.2, -0.15) is 0 Å². The third-order valence-electron chi connectivity index (χ3n) is 0.1000. The molecule has 0 fully saturated rings. The van der Waals surface area contributed by atoms with Crippen LogP contribution in [-0.2, 0) is 40.3 Å². The van der Waals surface area contributed by atoms with Crippen molar-refractivity contribution in [2.45, 2.75) is 0 Å². The molecule has 0 rings (SSSR count). The van der Waals surface area contributed by atoms with Gasteiger partial charge in [0.2, 0.25) is 0 Å². The first-order valence-corrected chi connectivity index (χ1v) is 1.13. The van der Waals surface area contributed by atoms with E-state index >= 15 is 0 Å². The Morgan fingerprint density at radius 2 is 1.17 bits per heavy atom. The Labute approximate surface area is 63.7 Å². The maximum absolute atomic E-state index is 7.62. The third-order valence-corrected chi connectivity index (χ3v) is 0.1000. The Kier molecular flexibility index (Phi) is 42.7. The van der Waals surface area contributed by atoms with Gasteiger partial charge in [-0.05, 0) is 0 Å². The summed E-state index contributed by atoms with van der Waals surface area (Å²) in [4.78, 5) is 0. The second-order valence-electron chi connectivity index (χ2n) is 0.447. The summed E-state index contributed by atoms with van der Waals surface area (Å²) in [6.07, 6.45) is 0. The fourth-order valence-electron chi connectivity index (χ4n) is 0. The van der Waals surface area contributed by atoms with Crippen molar-refractivity contribution < 1.29 is 50.5 Å². The zero-order valence-corrected chi connectivity index (χ0v) is 6.21. The van der Waals surface area contributed by atoms with E-state index in [0.717, 1.165) is 0 Å². The summed E-state index contributed by atoms with van der Waals surface area (Å²) in [5.41, 5.74) is 0. The predicted octanol–water partition coefficient (Wildman–Crippen LogP) is -1.03. The Hall–Kier alpha value is 1.22. The van der Waals surface area contributed by atoms with Crippen LogP contribution in [0.25, 0.3) is 0 Å². The molecule has 0 aliphatic carbocycles. The molecule has 0 heterocycles. The van der Waals surface area contributed by atoms with E-state index in [0.29, 0.717) is 0 Å². The van der Waals surface area contributed by atoms with Crippen molar-refractivity contribution in [1.82, 2.24) is 0 Å². The van der Waals surface area contributed by atoms with E-state index < -0.39 is 0 Å². The summed E-state index contributed by atoms with van der Waals surface area (Å²) in [7, 11) is 0. The minimum absolute atomic E-state index is 0. The van der Waals surface area contributed by atoms with E-state index in [4.69, 9.17) is 10.2 Å². The zero-order valence-electron chi connectivity index (χ0n) is 3.26. The molecule has 1 radical (unpaired) electrons. The molecule has 0 aliphatic heterocycles. The first-order valence-electron chi connectivity index (χ1n) is 1.13. The Bertz CT molecular complexity index is 13.5. The average Bonchev–Trinajstić information content (AvgIpc) is 1.37. The van der Waals surface area contributed by atoms with Crippen molar-refractivity contribution >= 4 is 0 Å². The number of rotatable bonds is 1. The predicted molar refractivity (Wildman–Crippen MR) is 14.2 cm³/mol. The largest absolute Gasteiger partial charge is 0.394 e. The van der Waals surface area contributed by atoms with Crippen molar-refractivity contribution in [1.29, 1.82) is 0 Å². The molecule has 0 aliphatic rings. The second-order valence-corrected chi connectivity index (χ2v) is 0.447. The molecule has 0 unspecified atom stereocenters. The van der Waals surface area contributed by atoms with Crippen LogP contribution in [0.1, 0.15) is 0 Å². The van der Waals surface area contributed by atoms with Gasteiger partial charge in [0.15, 0.2) is 0 Å². The molecule has 4 heteroatoms. The minimum Gasteiger partial charge on any atom is -0.394 e. The molecule has 0 atom stereocenters. The van der Waals surface area contributed by atoms with Gasteiger partial charge in [-0.3, -0.25) is 0 Å². The zero-order chi connectivity index (χ0) is 3.41. The van der Waals surface area contributed by atoms with Crippen LogP contribution in [0.3, 0.4) is 0 Å². The van der Waals surface area contributed by atoms with Gasteiger partial charge in [0.25, 0.3) is 0 Å². The number of aliphatic hydroxyl groups is 2. The standard InChI is InChI=1S/C2H6O2.Ti.V/c3-1-2-4;;/h3-4H,1-2H2;;. The van der Waals surface area contributed by atoms with E-state index in [1.54, 1.807) is 0 Å². The Balaban J connectivity index is -0.0000000450. The second kappa shape index (κ2) is 16.3. The van der Waals surface area contributed by atoms with Crippen LogP contribution in [0.2, 0.25) is 0 Å². The van der Waals surface area contributed by atoms with E-state index in [1.165, 1.54) is 0 Å². The fraction of sp³-hybridized carbons (Fsp3) is 1.00. The van der Waals surface area contributed by atoms with Crippen molar-refractivity contribution in [2.24, 2.45) is 0 Å². The summed E-state index contributed by atoms with van der Waals surface area (Å²) in [6.45, 7) is -0.250. The van der Waals surface area contributed by atoms with Gasteiger partial charge in [-0.1, -0.05) is 0 Å². The van der Waals surface area contributed by atoms with Crippen LogP contribution in [-0.4, -0.2) is 23.4 Å². The van der Waals surface area contributed by atoms with Gasteiger partial charge in [-0.15, -0.1) is 0 Å². The Morgan fingerprint density at radius 3 is 1.17 bits per heavy atom. The maximum Gasteiger partial charge on any atom is 0.0662 e. The third kappa shape index (κ3) is 18.9. The van der Waals surface area contributed by atoms with Crippen molar-refractivity contribution in [2.75, 3.05) is 13.2 Å². The summed E-state index contributed by atoms with van der Waals surface area (Å²) in [5.74, 6) is 0. The quantitative estimate of drug-likeness (QED) is 0.482. The molecule has 2 nitrogen and oxygen atoms in total. The van der Waals surface area contributed by atoms with Crippen molar-refractivity contribution in [3.8, 4) is 0 Å². The molecule has 0 aromatic rings. The van der Waals surface area contributed by atoms with Gasteiger partial charge >= 0.3 is 0 Å². The molecule has 35 valence electrons. The molecule has 0 bridgehead atoms. The number of aliphatic hydroxyl groups excluding tert-OH is 2. The molecular formula is C2H6O2TiV. The first kappa shape index (κ1) is 15.7. The van der Waals surface area contributed by atoms with Gasteiger partial charge in [0.1, 0.15) is 0 Å². The Morgan fingerprint density at radius 1 is 1.00 bits per heavy atom. The molecule has 0 saturated carbocycles. The van der Waals surface area contributed by atoms with Crippen LogP contribution in [0.15, 0.2) is 0 Å². The molecule has 0 aromatic heterocycles. The van der Waals surface area contributed by atoms with Crippen LogP contribution >= 0.6 is 0 Å². The summed E-state index contributed by atoms with van der Waals surface area (Å²) < 4.78 is 0. The molecule has 6 heavy (non-hydrogen) atoms. The minimum atomic E-state index is -0.125. The summed E-state index contributed by atoms with van der Waals surface area (Å²) in [6, 6.07) is 0. The van der Waals surface area contributed by atoms with Gasteiger partial charge in [0.05, 0.1) is 13.2 Å². The van der Waals surface area contributed by atoms with Gasteiger partial charge in [0, 0.05) is 40.3 Å². The van der Waals surface area contributed by atoms with E-state index in [2.05, 4.69) is 0 Å². The smallest absolute Gasteiger partial charge is 0.0662 e. The van der Waals surface area contributed by atoms with Gasteiger partial charge in [-0.25, -0.2) is 0 Å². The number of hydrogen-bond acceptors (Lipinski definition) is 2. The van der Waals surface area contributed by atoms with Gasteiger partial charge < -0.3 is 10.2 Å². The fourth-order valence-corrected chi connectivity index (χ4v) is 0. The molecular weight excluding hydrogens is 155 g/mol. The van der Waals surface area contributed by atoms with Crippen molar-refractivity contribution in [3.05, 3.63) is 0 Å².